The van der Waals surface area contributed by atoms with E-state index in [-0.39, 0.29) is 0 Å². The van der Waals surface area contributed by atoms with E-state index in [1.54, 1.807) is 6.26 Å². The molecule has 2 aromatic rings. The molecular formula is C24H34N4O. The highest BCUT2D eigenvalue weighted by Crippen LogP contribution is 2.16. The molecule has 2 N–H and O–H groups in total. The maximum Gasteiger partial charge on any atom is 0.191 e. The molecule has 3 rings (SSSR count). The molecule has 29 heavy (non-hydrogen) atoms. The third kappa shape index (κ3) is 7.09. The summed E-state index contributed by atoms with van der Waals surface area (Å²) in [5.41, 5.74) is 3.87. The Morgan fingerprint density at radius 2 is 2.00 bits per heavy atom. The predicted molar refractivity (Wildman–Crippen MR) is 120 cm³/mol. The van der Waals surface area contributed by atoms with Crippen LogP contribution in [-0.4, -0.2) is 43.1 Å². The molecule has 1 aliphatic heterocycles. The summed E-state index contributed by atoms with van der Waals surface area (Å²) in [6, 6.07) is 13.1. The van der Waals surface area contributed by atoms with Crippen molar-refractivity contribution in [3.05, 3.63) is 71.7 Å². The Morgan fingerprint density at radius 3 is 2.69 bits per heavy atom. The molecule has 156 valence electrons. The Hall–Kier alpha value is -2.53. The summed E-state index contributed by atoms with van der Waals surface area (Å²) in [5.74, 6) is 1.86. The first-order valence-electron chi connectivity index (χ1n) is 10.6. The number of hydrogen-bond acceptors (Lipinski definition) is 3. The minimum absolute atomic E-state index is 0.447. The molecule has 0 amide bonds. The van der Waals surface area contributed by atoms with Gasteiger partial charge in [-0.25, -0.2) is 4.99 Å². The Kier molecular flexibility index (Phi) is 7.94. The maximum atomic E-state index is 5.41. The lowest BCUT2D eigenvalue weighted by molar-refractivity contribution is 0.198. The Labute approximate surface area is 174 Å². The first-order valence-corrected chi connectivity index (χ1v) is 10.6. The number of aliphatic imine (C=N–C) groups is 1. The van der Waals surface area contributed by atoms with Gasteiger partial charge in [-0.05, 0) is 49.9 Å². The van der Waals surface area contributed by atoms with Crippen molar-refractivity contribution in [3.63, 3.8) is 0 Å². The number of hydrogen-bond donors (Lipinski definition) is 2. The smallest absolute Gasteiger partial charge is 0.191 e. The summed E-state index contributed by atoms with van der Waals surface area (Å²) in [7, 11) is 0. The Morgan fingerprint density at radius 1 is 1.21 bits per heavy atom. The number of benzene rings is 1. The number of aryl methyl sites for hydroxylation is 1. The van der Waals surface area contributed by atoms with Gasteiger partial charge < -0.3 is 15.1 Å². The van der Waals surface area contributed by atoms with Crippen molar-refractivity contribution in [2.75, 3.05) is 26.2 Å². The first-order chi connectivity index (χ1) is 14.1. The van der Waals surface area contributed by atoms with Crippen LogP contribution in [0, 0.1) is 6.92 Å². The number of guanidine groups is 1. The lowest BCUT2D eigenvalue weighted by Gasteiger charge is -2.33. The van der Waals surface area contributed by atoms with Gasteiger partial charge in [0.15, 0.2) is 5.96 Å². The minimum atomic E-state index is 0.447. The van der Waals surface area contributed by atoms with Gasteiger partial charge in [0.05, 0.1) is 12.8 Å². The number of furan rings is 1. The third-order valence-electron chi connectivity index (χ3n) is 5.33. The van der Waals surface area contributed by atoms with Crippen molar-refractivity contribution in [3.8, 4) is 0 Å². The molecular weight excluding hydrogens is 360 g/mol. The fourth-order valence-corrected chi connectivity index (χ4v) is 3.58. The van der Waals surface area contributed by atoms with Gasteiger partial charge in [0.1, 0.15) is 5.76 Å². The van der Waals surface area contributed by atoms with Crippen LogP contribution in [0.4, 0.5) is 0 Å². The van der Waals surface area contributed by atoms with E-state index < -0.39 is 0 Å². The second-order valence-electron chi connectivity index (χ2n) is 8.00. The Balaban J connectivity index is 1.47. The van der Waals surface area contributed by atoms with Crippen molar-refractivity contribution in [2.45, 2.75) is 45.7 Å². The van der Waals surface area contributed by atoms with Crippen molar-refractivity contribution >= 4 is 5.96 Å². The number of piperidine rings is 1. The molecule has 5 heteroatoms. The second-order valence-corrected chi connectivity index (χ2v) is 8.00. The monoisotopic (exact) mass is 394 g/mol. The number of nitrogens with zero attached hydrogens (tertiary/aromatic N) is 2. The van der Waals surface area contributed by atoms with E-state index in [0.717, 1.165) is 62.7 Å². The van der Waals surface area contributed by atoms with Crippen molar-refractivity contribution in [1.82, 2.24) is 15.5 Å². The molecule has 0 saturated carbocycles. The molecule has 5 nitrogen and oxygen atoms in total. The van der Waals surface area contributed by atoms with E-state index in [1.165, 1.54) is 11.1 Å². The lowest BCUT2D eigenvalue weighted by Crippen LogP contribution is -2.49. The molecule has 1 saturated heterocycles. The van der Waals surface area contributed by atoms with Crippen LogP contribution in [0.2, 0.25) is 0 Å². The molecule has 0 atom stereocenters. The van der Waals surface area contributed by atoms with Gasteiger partial charge in [0.25, 0.3) is 0 Å². The molecule has 0 radical (unpaired) electrons. The highest BCUT2D eigenvalue weighted by molar-refractivity contribution is 5.80. The predicted octanol–water partition coefficient (Wildman–Crippen LogP) is 3.91. The van der Waals surface area contributed by atoms with Crippen LogP contribution < -0.4 is 10.6 Å². The number of rotatable bonds is 8. The van der Waals surface area contributed by atoms with E-state index in [0.29, 0.717) is 12.6 Å². The van der Waals surface area contributed by atoms with Crippen LogP contribution in [-0.2, 0) is 13.0 Å². The van der Waals surface area contributed by atoms with Crippen LogP contribution >= 0.6 is 0 Å². The summed E-state index contributed by atoms with van der Waals surface area (Å²) < 4.78 is 5.41. The lowest BCUT2D eigenvalue weighted by atomic mass is 10.0. The molecule has 0 aliphatic carbocycles. The van der Waals surface area contributed by atoms with Gasteiger partial charge in [0.2, 0.25) is 0 Å². The average Bonchev–Trinajstić information content (AvgIpc) is 3.22. The van der Waals surface area contributed by atoms with Gasteiger partial charge in [-0.1, -0.05) is 36.4 Å². The molecule has 1 aromatic carbocycles. The van der Waals surface area contributed by atoms with Crippen molar-refractivity contribution < 1.29 is 4.42 Å². The largest absolute Gasteiger partial charge is 0.469 e. The van der Waals surface area contributed by atoms with Gasteiger partial charge in [-0.3, -0.25) is 4.90 Å². The molecule has 0 bridgehead atoms. The number of likely N-dealkylation sites (tertiary alicyclic amines) is 1. The summed E-state index contributed by atoms with van der Waals surface area (Å²) >= 11 is 0. The van der Waals surface area contributed by atoms with Crippen molar-refractivity contribution in [2.24, 2.45) is 4.99 Å². The van der Waals surface area contributed by atoms with Gasteiger partial charge in [-0.2, -0.15) is 0 Å². The molecule has 0 spiro atoms. The minimum Gasteiger partial charge on any atom is -0.469 e. The van der Waals surface area contributed by atoms with Gasteiger partial charge in [-0.15, -0.1) is 0 Å². The number of nitrogens with one attached hydrogen (secondary N) is 2. The van der Waals surface area contributed by atoms with Crippen LogP contribution in [0.5, 0.6) is 0 Å². The second kappa shape index (κ2) is 10.9. The normalized spacial score (nSPS) is 16.0. The zero-order valence-corrected chi connectivity index (χ0v) is 17.8. The topological polar surface area (TPSA) is 52.8 Å². The summed E-state index contributed by atoms with van der Waals surface area (Å²) in [5, 5.41) is 7.07. The standard InChI is InChI=1S/C24H34N4O/c1-19(2)17-26-24(25-13-10-23-9-6-16-29-23)27-22-11-14-28(15-12-22)18-21-8-5-4-7-20(21)3/h4-9,16,22H,1,10-15,17-18H2,2-3H3,(H2,25,26,27). The van der Waals surface area contributed by atoms with E-state index in [1.807, 2.05) is 19.1 Å². The quantitative estimate of drug-likeness (QED) is 0.405. The summed E-state index contributed by atoms with van der Waals surface area (Å²) in [6.45, 7) is 12.9. The maximum absolute atomic E-state index is 5.41. The first kappa shape index (κ1) is 21.2. The molecule has 1 aromatic heterocycles. The zero-order valence-electron chi connectivity index (χ0n) is 17.8. The third-order valence-corrected chi connectivity index (χ3v) is 5.33. The van der Waals surface area contributed by atoms with Crippen LogP contribution in [0.1, 0.15) is 36.7 Å². The Bertz CT molecular complexity index is 789. The average molecular weight is 395 g/mol. The fourth-order valence-electron chi connectivity index (χ4n) is 3.58. The fraction of sp³-hybridized carbons (Fsp3) is 0.458. The summed E-state index contributed by atoms with van der Waals surface area (Å²) in [4.78, 5) is 7.24. The summed E-state index contributed by atoms with van der Waals surface area (Å²) in [6.07, 6.45) is 4.81. The van der Waals surface area contributed by atoms with Crippen LogP contribution in [0.15, 0.2) is 64.2 Å². The van der Waals surface area contributed by atoms with Gasteiger partial charge in [0, 0.05) is 38.6 Å². The van der Waals surface area contributed by atoms with Crippen molar-refractivity contribution in [1.29, 1.82) is 0 Å². The SMILES string of the molecule is C=C(C)CN=C(NCCc1ccco1)NC1CCN(Cc2ccccc2C)CC1. The van der Waals surface area contributed by atoms with E-state index in [2.05, 4.69) is 58.3 Å². The van der Waals surface area contributed by atoms with E-state index >= 15 is 0 Å². The zero-order chi connectivity index (χ0) is 20.5. The van der Waals surface area contributed by atoms with Crippen LogP contribution in [0.25, 0.3) is 0 Å². The van der Waals surface area contributed by atoms with E-state index in [4.69, 9.17) is 4.42 Å². The highest BCUT2D eigenvalue weighted by Gasteiger charge is 2.20. The van der Waals surface area contributed by atoms with E-state index in [9.17, 15) is 0 Å². The van der Waals surface area contributed by atoms with Gasteiger partial charge >= 0.3 is 0 Å². The van der Waals surface area contributed by atoms with Crippen LogP contribution in [0.3, 0.4) is 0 Å². The molecule has 1 fully saturated rings. The highest BCUT2D eigenvalue weighted by atomic mass is 16.3. The molecule has 1 aliphatic rings. The molecule has 0 unspecified atom stereocenters. The molecule has 2 heterocycles.